The molecule has 0 saturated carbocycles. The first kappa shape index (κ1) is 15.9. The number of rotatable bonds is 3. The highest BCUT2D eigenvalue weighted by Gasteiger charge is 2.18. The summed E-state index contributed by atoms with van der Waals surface area (Å²) in [5.41, 5.74) is 0.795. The van der Waals surface area contributed by atoms with Crippen LogP contribution in [0.25, 0.3) is 0 Å². The molecule has 2 aromatic rings. The summed E-state index contributed by atoms with van der Waals surface area (Å²) in [4.78, 5) is 27.6. The number of nitrogens with one attached hydrogen (secondary N) is 2. The summed E-state index contributed by atoms with van der Waals surface area (Å²) in [7, 11) is 0. The highest BCUT2D eigenvalue weighted by Crippen LogP contribution is 2.22. The Hall–Kier alpha value is -2.47. The molecule has 0 bridgehead atoms. The molecule has 1 unspecified atom stereocenters. The Kier molecular flexibility index (Phi) is 5.06. The van der Waals surface area contributed by atoms with Gasteiger partial charge in [0, 0.05) is 12.4 Å². The lowest BCUT2D eigenvalue weighted by Crippen LogP contribution is -2.37. The van der Waals surface area contributed by atoms with Crippen molar-refractivity contribution in [3.05, 3.63) is 59.1 Å². The van der Waals surface area contributed by atoms with Crippen LogP contribution in [0.4, 0.5) is 10.1 Å². The molecule has 1 heterocycles. The van der Waals surface area contributed by atoms with Gasteiger partial charge >= 0.3 is 11.8 Å². The highest BCUT2D eigenvalue weighted by molar-refractivity contribution is 6.41. The zero-order valence-corrected chi connectivity index (χ0v) is 12.4. The topological polar surface area (TPSA) is 71.1 Å². The summed E-state index contributed by atoms with van der Waals surface area (Å²) in [6.45, 7) is 1.72. The molecule has 0 saturated heterocycles. The molecule has 7 heteroatoms. The molecule has 0 aliphatic carbocycles. The van der Waals surface area contributed by atoms with E-state index in [0.717, 1.165) is 17.7 Å². The molecule has 0 aliphatic rings. The number of hydrogen-bond acceptors (Lipinski definition) is 3. The summed E-state index contributed by atoms with van der Waals surface area (Å²) >= 11 is 5.83. The summed E-state index contributed by atoms with van der Waals surface area (Å²) in [6, 6.07) is 6.60. The molecular weight excluding hydrogens is 309 g/mol. The van der Waals surface area contributed by atoms with E-state index in [9.17, 15) is 14.0 Å². The number of amides is 2. The molecule has 2 N–H and O–H groups in total. The molecule has 0 spiro atoms. The number of nitrogens with zero attached hydrogens (tertiary/aromatic N) is 1. The van der Waals surface area contributed by atoms with Crippen LogP contribution in [0.15, 0.2) is 42.7 Å². The molecule has 5 nitrogen and oxygen atoms in total. The predicted octanol–water partition coefficient (Wildman–Crippen LogP) is 2.69. The fourth-order valence-electron chi connectivity index (χ4n) is 1.75. The number of pyridine rings is 1. The van der Waals surface area contributed by atoms with Crippen LogP contribution in [0.2, 0.25) is 5.02 Å². The Morgan fingerprint density at radius 3 is 2.73 bits per heavy atom. The SMILES string of the molecule is CC(NC(=O)C(=O)Nc1cc(F)ccc1Cl)c1cccnc1. The van der Waals surface area contributed by atoms with Crippen LogP contribution in [0.5, 0.6) is 0 Å². The Balaban J connectivity index is 2.01. The zero-order valence-electron chi connectivity index (χ0n) is 11.6. The van der Waals surface area contributed by atoms with Crippen LogP contribution in [0.3, 0.4) is 0 Å². The van der Waals surface area contributed by atoms with Gasteiger partial charge in [-0.05, 0) is 36.8 Å². The van der Waals surface area contributed by atoms with E-state index in [2.05, 4.69) is 15.6 Å². The Morgan fingerprint density at radius 2 is 2.05 bits per heavy atom. The van der Waals surface area contributed by atoms with E-state index in [1.165, 1.54) is 6.07 Å². The third kappa shape index (κ3) is 4.02. The van der Waals surface area contributed by atoms with Crippen molar-refractivity contribution in [2.45, 2.75) is 13.0 Å². The molecule has 1 aromatic heterocycles. The first-order valence-corrected chi connectivity index (χ1v) is 6.82. The maximum absolute atomic E-state index is 13.1. The minimum absolute atomic E-state index is 0.0378. The predicted molar refractivity (Wildman–Crippen MR) is 80.8 cm³/mol. The van der Waals surface area contributed by atoms with E-state index in [1.807, 2.05) is 0 Å². The molecule has 0 aliphatic heterocycles. The number of carbonyl (C=O) groups is 2. The molecule has 1 atom stereocenters. The lowest BCUT2D eigenvalue weighted by atomic mass is 10.1. The third-order valence-electron chi connectivity index (χ3n) is 2.91. The summed E-state index contributed by atoms with van der Waals surface area (Å²) < 4.78 is 13.1. The minimum atomic E-state index is -0.928. The van der Waals surface area contributed by atoms with Gasteiger partial charge in [0.25, 0.3) is 0 Å². The fourth-order valence-corrected chi connectivity index (χ4v) is 1.91. The molecule has 22 heavy (non-hydrogen) atoms. The van der Waals surface area contributed by atoms with Gasteiger partial charge in [0.05, 0.1) is 16.8 Å². The minimum Gasteiger partial charge on any atom is -0.341 e. The van der Waals surface area contributed by atoms with Gasteiger partial charge in [-0.15, -0.1) is 0 Å². The van der Waals surface area contributed by atoms with Crippen LogP contribution < -0.4 is 10.6 Å². The molecule has 2 rings (SSSR count). The van der Waals surface area contributed by atoms with Crippen LogP contribution in [-0.4, -0.2) is 16.8 Å². The molecule has 2 amide bonds. The normalized spacial score (nSPS) is 11.6. The lowest BCUT2D eigenvalue weighted by molar-refractivity contribution is -0.136. The van der Waals surface area contributed by atoms with Gasteiger partial charge in [0.2, 0.25) is 0 Å². The smallest absolute Gasteiger partial charge is 0.313 e. The fraction of sp³-hybridized carbons (Fsp3) is 0.133. The average Bonchev–Trinajstić information content (AvgIpc) is 2.51. The van der Waals surface area contributed by atoms with E-state index >= 15 is 0 Å². The molecular formula is C15H13ClFN3O2. The van der Waals surface area contributed by atoms with E-state index in [4.69, 9.17) is 11.6 Å². The third-order valence-corrected chi connectivity index (χ3v) is 3.24. The monoisotopic (exact) mass is 321 g/mol. The van der Waals surface area contributed by atoms with Gasteiger partial charge in [-0.2, -0.15) is 0 Å². The average molecular weight is 322 g/mol. The Bertz CT molecular complexity index is 694. The van der Waals surface area contributed by atoms with Crippen molar-refractivity contribution >= 4 is 29.1 Å². The number of carbonyl (C=O) groups excluding carboxylic acids is 2. The van der Waals surface area contributed by atoms with E-state index in [1.54, 1.807) is 31.5 Å². The van der Waals surface area contributed by atoms with Gasteiger partial charge in [0.15, 0.2) is 0 Å². The number of aromatic nitrogens is 1. The number of hydrogen-bond donors (Lipinski definition) is 2. The van der Waals surface area contributed by atoms with Crippen molar-refractivity contribution in [3.63, 3.8) is 0 Å². The van der Waals surface area contributed by atoms with Gasteiger partial charge < -0.3 is 10.6 Å². The summed E-state index contributed by atoms with van der Waals surface area (Å²) in [5, 5.41) is 4.93. The molecule has 1 aromatic carbocycles. The molecule has 0 radical (unpaired) electrons. The highest BCUT2D eigenvalue weighted by atomic mass is 35.5. The second-order valence-corrected chi connectivity index (χ2v) is 4.97. The maximum Gasteiger partial charge on any atom is 0.313 e. The van der Waals surface area contributed by atoms with Crippen molar-refractivity contribution < 1.29 is 14.0 Å². The Morgan fingerprint density at radius 1 is 1.27 bits per heavy atom. The maximum atomic E-state index is 13.1. The molecule has 0 fully saturated rings. The van der Waals surface area contributed by atoms with Crippen LogP contribution in [0.1, 0.15) is 18.5 Å². The van der Waals surface area contributed by atoms with Crippen molar-refractivity contribution in [1.29, 1.82) is 0 Å². The van der Waals surface area contributed by atoms with Crippen molar-refractivity contribution in [2.75, 3.05) is 5.32 Å². The van der Waals surface area contributed by atoms with E-state index < -0.39 is 23.7 Å². The summed E-state index contributed by atoms with van der Waals surface area (Å²) in [6.07, 6.45) is 3.20. The standard InChI is InChI=1S/C15H13ClFN3O2/c1-9(10-3-2-6-18-8-10)19-14(21)15(22)20-13-7-11(17)4-5-12(13)16/h2-9H,1H3,(H,19,21)(H,20,22). The van der Waals surface area contributed by atoms with Crippen molar-refractivity contribution in [1.82, 2.24) is 10.3 Å². The summed E-state index contributed by atoms with van der Waals surface area (Å²) in [5.74, 6) is -2.34. The van der Waals surface area contributed by atoms with Crippen LogP contribution >= 0.6 is 11.6 Å². The van der Waals surface area contributed by atoms with Gasteiger partial charge in [-0.3, -0.25) is 14.6 Å². The van der Waals surface area contributed by atoms with E-state index in [-0.39, 0.29) is 10.7 Å². The van der Waals surface area contributed by atoms with E-state index in [0.29, 0.717) is 0 Å². The number of anilines is 1. The number of benzene rings is 1. The van der Waals surface area contributed by atoms with Gasteiger partial charge in [-0.1, -0.05) is 17.7 Å². The first-order chi connectivity index (χ1) is 10.5. The molecule has 114 valence electrons. The second-order valence-electron chi connectivity index (χ2n) is 4.56. The van der Waals surface area contributed by atoms with Crippen molar-refractivity contribution in [3.8, 4) is 0 Å². The van der Waals surface area contributed by atoms with Gasteiger partial charge in [0.1, 0.15) is 5.82 Å². The quantitative estimate of drug-likeness (QED) is 0.854. The first-order valence-electron chi connectivity index (χ1n) is 6.44. The van der Waals surface area contributed by atoms with Crippen molar-refractivity contribution in [2.24, 2.45) is 0 Å². The van der Waals surface area contributed by atoms with Gasteiger partial charge in [-0.25, -0.2) is 4.39 Å². The lowest BCUT2D eigenvalue weighted by Gasteiger charge is -2.14. The number of halogens is 2. The van der Waals surface area contributed by atoms with Crippen LogP contribution in [0, 0.1) is 5.82 Å². The zero-order chi connectivity index (χ0) is 16.1. The second kappa shape index (κ2) is 7.00. The van der Waals surface area contributed by atoms with Crippen LogP contribution in [-0.2, 0) is 9.59 Å². The Labute approximate surface area is 131 Å². The largest absolute Gasteiger partial charge is 0.341 e.